The molecule has 2 heterocycles. The summed E-state index contributed by atoms with van der Waals surface area (Å²) in [6.45, 7) is 0.230. The van der Waals surface area contributed by atoms with Crippen LogP contribution in [0.15, 0.2) is 96.4 Å². The largest absolute Gasteiger partial charge is 0.503 e. The fourth-order valence-electron chi connectivity index (χ4n) is 4.69. The van der Waals surface area contributed by atoms with Crippen molar-refractivity contribution in [3.05, 3.63) is 119 Å². The van der Waals surface area contributed by atoms with Crippen LogP contribution in [0, 0.1) is 5.82 Å². The maximum absolute atomic E-state index is 13.7. The predicted octanol–water partition coefficient (Wildman–Crippen LogP) is 5.54. The molecule has 1 aliphatic heterocycles. The molecule has 1 aromatic heterocycles. The number of rotatable bonds is 8. The van der Waals surface area contributed by atoms with E-state index in [1.165, 1.54) is 35.2 Å². The van der Waals surface area contributed by atoms with Crippen LogP contribution in [0.5, 0.6) is 5.75 Å². The minimum atomic E-state index is -0.847. The molecule has 1 aliphatic rings. The molecule has 0 fully saturated rings. The number of hydrogen-bond donors (Lipinski definition) is 2. The van der Waals surface area contributed by atoms with Gasteiger partial charge in [0.2, 0.25) is 0 Å². The highest BCUT2D eigenvalue weighted by atomic mass is 19.1. The van der Waals surface area contributed by atoms with E-state index in [0.717, 1.165) is 22.0 Å². The molecule has 1 unspecified atom stereocenters. The second kappa shape index (κ2) is 10.1. The molecule has 186 valence electrons. The van der Waals surface area contributed by atoms with E-state index in [9.17, 15) is 19.1 Å². The first-order valence-electron chi connectivity index (χ1n) is 11.9. The van der Waals surface area contributed by atoms with Crippen LogP contribution in [0.1, 0.15) is 22.7 Å². The number of nitrogens with one attached hydrogen (secondary N) is 1. The van der Waals surface area contributed by atoms with E-state index in [4.69, 9.17) is 4.74 Å². The number of H-pyrrole nitrogens is 1. The Kier molecular flexibility index (Phi) is 6.60. The van der Waals surface area contributed by atoms with Gasteiger partial charge in [-0.2, -0.15) is 0 Å². The van der Waals surface area contributed by atoms with Crippen molar-refractivity contribution in [2.45, 2.75) is 12.5 Å². The van der Waals surface area contributed by atoms with Crippen molar-refractivity contribution in [2.24, 2.45) is 0 Å². The van der Waals surface area contributed by atoms with Crippen molar-refractivity contribution in [1.29, 1.82) is 0 Å². The average Bonchev–Trinajstić information content (AvgIpc) is 3.44. The lowest BCUT2D eigenvalue weighted by atomic mass is 9.95. The summed E-state index contributed by atoms with van der Waals surface area (Å²) in [5.74, 6) is -1.42. The molecule has 5 rings (SSSR count). The number of hydrogen-bond acceptors (Lipinski definition) is 4. The highest BCUT2D eigenvalue weighted by Gasteiger charge is 2.42. The standard InChI is InChI=1S/C30H25FN2O4/c1-37-23-12-13-25-24(17-23)21(18-32-25)15-16-33-28(20-8-10-22(31)11-9-20)27(29(35)30(33)36)26(34)14-7-19-5-3-2-4-6-19/h2-14,17-18,28,32,35H,15-16H2,1H3/b14-7+. The summed E-state index contributed by atoms with van der Waals surface area (Å²) in [6, 6.07) is 19.7. The number of halogens is 1. The lowest BCUT2D eigenvalue weighted by molar-refractivity contribution is -0.129. The zero-order chi connectivity index (χ0) is 25.9. The molecule has 0 saturated heterocycles. The van der Waals surface area contributed by atoms with Crippen LogP contribution in [0.25, 0.3) is 17.0 Å². The number of fused-ring (bicyclic) bond motifs is 1. The Morgan fingerprint density at radius 3 is 2.59 bits per heavy atom. The van der Waals surface area contributed by atoms with Gasteiger partial charge in [-0.05, 0) is 59.5 Å². The summed E-state index contributed by atoms with van der Waals surface area (Å²) in [4.78, 5) is 31.2. The number of nitrogens with zero attached hydrogens (tertiary/aromatic N) is 1. The molecule has 1 atom stereocenters. The summed E-state index contributed by atoms with van der Waals surface area (Å²) in [5, 5.41) is 11.8. The van der Waals surface area contributed by atoms with E-state index >= 15 is 0 Å². The summed E-state index contributed by atoms with van der Waals surface area (Å²) < 4.78 is 19.0. The first kappa shape index (κ1) is 24.1. The minimum Gasteiger partial charge on any atom is -0.503 e. The number of ketones is 1. The molecule has 0 spiro atoms. The zero-order valence-electron chi connectivity index (χ0n) is 20.1. The highest BCUT2D eigenvalue weighted by molar-refractivity contribution is 6.14. The lowest BCUT2D eigenvalue weighted by Gasteiger charge is -2.26. The number of carbonyl (C=O) groups excluding carboxylic acids is 2. The Morgan fingerprint density at radius 2 is 1.86 bits per heavy atom. The first-order valence-corrected chi connectivity index (χ1v) is 11.9. The highest BCUT2D eigenvalue weighted by Crippen LogP contribution is 2.38. The normalized spacial score (nSPS) is 15.8. The third-order valence-corrected chi connectivity index (χ3v) is 6.58. The second-order valence-corrected chi connectivity index (χ2v) is 8.80. The monoisotopic (exact) mass is 496 g/mol. The Balaban J connectivity index is 1.46. The Labute approximate surface area is 213 Å². The van der Waals surface area contributed by atoms with Gasteiger partial charge in [-0.1, -0.05) is 48.5 Å². The van der Waals surface area contributed by atoms with E-state index < -0.39 is 29.3 Å². The maximum Gasteiger partial charge on any atom is 0.290 e. The number of aliphatic hydroxyl groups excluding tert-OH is 1. The number of carbonyl (C=O) groups is 2. The van der Waals surface area contributed by atoms with Gasteiger partial charge in [0.1, 0.15) is 11.6 Å². The fraction of sp³-hybridized carbons (Fsp3) is 0.133. The van der Waals surface area contributed by atoms with Gasteiger partial charge in [-0.15, -0.1) is 0 Å². The molecular weight excluding hydrogens is 471 g/mol. The Morgan fingerprint density at radius 1 is 1.11 bits per heavy atom. The van der Waals surface area contributed by atoms with Crippen LogP contribution in [-0.4, -0.2) is 40.3 Å². The average molecular weight is 497 g/mol. The fourth-order valence-corrected chi connectivity index (χ4v) is 4.69. The molecule has 0 radical (unpaired) electrons. The van der Waals surface area contributed by atoms with Crippen LogP contribution in [-0.2, 0) is 16.0 Å². The van der Waals surface area contributed by atoms with E-state index in [1.807, 2.05) is 54.7 Å². The molecule has 6 nitrogen and oxygen atoms in total. The van der Waals surface area contributed by atoms with E-state index in [1.54, 1.807) is 13.2 Å². The summed E-state index contributed by atoms with van der Waals surface area (Å²) >= 11 is 0. The van der Waals surface area contributed by atoms with Crippen LogP contribution in [0.3, 0.4) is 0 Å². The summed E-state index contributed by atoms with van der Waals surface area (Å²) in [5.41, 5.74) is 3.22. The molecule has 4 aromatic rings. The molecule has 2 N–H and O–H groups in total. The van der Waals surface area contributed by atoms with Crippen molar-refractivity contribution in [3.63, 3.8) is 0 Å². The number of aromatic amines is 1. The van der Waals surface area contributed by atoms with Crippen molar-refractivity contribution in [3.8, 4) is 5.75 Å². The molecule has 7 heteroatoms. The van der Waals surface area contributed by atoms with Gasteiger partial charge in [0.15, 0.2) is 11.5 Å². The molecule has 3 aromatic carbocycles. The van der Waals surface area contributed by atoms with Gasteiger partial charge in [0.25, 0.3) is 5.91 Å². The molecular formula is C30H25FN2O4. The zero-order valence-corrected chi connectivity index (χ0v) is 20.1. The quantitative estimate of drug-likeness (QED) is 0.314. The maximum atomic E-state index is 13.7. The molecule has 0 aliphatic carbocycles. The van der Waals surface area contributed by atoms with Gasteiger partial charge in [-0.3, -0.25) is 9.59 Å². The van der Waals surface area contributed by atoms with Crippen molar-refractivity contribution in [1.82, 2.24) is 9.88 Å². The summed E-state index contributed by atoms with van der Waals surface area (Å²) in [7, 11) is 1.60. The Hall–Kier alpha value is -4.65. The number of allylic oxidation sites excluding steroid dienone is 1. The minimum absolute atomic E-state index is 0.0237. The van der Waals surface area contributed by atoms with Gasteiger partial charge < -0.3 is 19.7 Å². The predicted molar refractivity (Wildman–Crippen MR) is 140 cm³/mol. The second-order valence-electron chi connectivity index (χ2n) is 8.80. The van der Waals surface area contributed by atoms with E-state index in [-0.39, 0.29) is 12.1 Å². The lowest BCUT2D eigenvalue weighted by Crippen LogP contribution is -2.33. The third-order valence-electron chi connectivity index (χ3n) is 6.58. The van der Waals surface area contributed by atoms with Gasteiger partial charge >= 0.3 is 0 Å². The molecule has 0 saturated carbocycles. The van der Waals surface area contributed by atoms with Crippen LogP contribution in [0.4, 0.5) is 4.39 Å². The molecule has 1 amide bonds. The number of aromatic nitrogens is 1. The molecule has 37 heavy (non-hydrogen) atoms. The number of benzene rings is 3. The van der Waals surface area contributed by atoms with E-state index in [2.05, 4.69) is 4.98 Å². The number of amides is 1. The van der Waals surface area contributed by atoms with Gasteiger partial charge in [-0.25, -0.2) is 4.39 Å². The molecule has 0 bridgehead atoms. The van der Waals surface area contributed by atoms with Crippen LogP contribution < -0.4 is 4.74 Å². The topological polar surface area (TPSA) is 82.6 Å². The summed E-state index contributed by atoms with van der Waals surface area (Å²) in [6.07, 6.45) is 5.32. The van der Waals surface area contributed by atoms with Crippen molar-refractivity contribution in [2.75, 3.05) is 13.7 Å². The number of ether oxygens (including phenoxy) is 1. The van der Waals surface area contributed by atoms with Gasteiger partial charge in [0.05, 0.1) is 18.7 Å². The van der Waals surface area contributed by atoms with Crippen LogP contribution in [0.2, 0.25) is 0 Å². The Bertz CT molecular complexity index is 1520. The third kappa shape index (κ3) is 4.76. The first-order chi connectivity index (χ1) is 18.0. The number of aliphatic hydroxyl groups is 1. The van der Waals surface area contributed by atoms with Crippen LogP contribution >= 0.6 is 0 Å². The van der Waals surface area contributed by atoms with Crippen molar-refractivity contribution < 1.29 is 23.8 Å². The SMILES string of the molecule is COc1ccc2[nH]cc(CCN3C(=O)C(O)=C(C(=O)/C=C/c4ccccc4)C3c3ccc(F)cc3)c2c1. The smallest absolute Gasteiger partial charge is 0.290 e. The van der Waals surface area contributed by atoms with E-state index in [0.29, 0.717) is 17.7 Å². The van der Waals surface area contributed by atoms with Gasteiger partial charge in [0, 0.05) is 23.6 Å². The number of methoxy groups -OCH3 is 1. The van der Waals surface area contributed by atoms with Crippen molar-refractivity contribution >= 4 is 28.7 Å².